The number of benzene rings is 1. The highest BCUT2D eigenvalue weighted by Crippen LogP contribution is 2.12. The Bertz CT molecular complexity index is 502. The standard InChI is InChI=1S/C18H27NO4/c1-4-5-6-7-8-12-23-18(21)14(2)19-17(20)15-10-9-11-16(13-15)22-3/h9-11,13-14H,4-8,12H2,1-3H3,(H,19,20). The number of carbonyl (C=O) groups excluding carboxylic acids is 2. The summed E-state index contributed by atoms with van der Waals surface area (Å²) in [6.45, 7) is 4.19. The van der Waals surface area contributed by atoms with Gasteiger partial charge in [0.05, 0.1) is 13.7 Å². The first-order valence-corrected chi connectivity index (χ1v) is 8.20. The van der Waals surface area contributed by atoms with Crippen LogP contribution in [-0.4, -0.2) is 31.6 Å². The van der Waals surface area contributed by atoms with Gasteiger partial charge in [-0.2, -0.15) is 0 Å². The van der Waals surface area contributed by atoms with Crippen LogP contribution >= 0.6 is 0 Å². The summed E-state index contributed by atoms with van der Waals surface area (Å²) in [5.74, 6) is -0.131. The molecule has 0 aliphatic rings. The first-order chi connectivity index (χ1) is 11.1. The Morgan fingerprint density at radius 3 is 2.61 bits per heavy atom. The lowest BCUT2D eigenvalue weighted by Gasteiger charge is -2.13. The number of esters is 1. The van der Waals surface area contributed by atoms with Crippen molar-refractivity contribution in [3.8, 4) is 5.75 Å². The quantitative estimate of drug-likeness (QED) is 0.530. The Morgan fingerprint density at radius 2 is 1.91 bits per heavy atom. The van der Waals surface area contributed by atoms with Gasteiger partial charge in [0.1, 0.15) is 11.8 Å². The highest BCUT2D eigenvalue weighted by Gasteiger charge is 2.18. The third kappa shape index (κ3) is 7.17. The maximum absolute atomic E-state index is 12.1. The van der Waals surface area contributed by atoms with Crippen molar-refractivity contribution in [3.63, 3.8) is 0 Å². The number of rotatable bonds is 10. The van der Waals surface area contributed by atoms with Gasteiger partial charge in [-0.25, -0.2) is 4.79 Å². The molecule has 5 heteroatoms. The van der Waals surface area contributed by atoms with E-state index in [1.165, 1.54) is 20.0 Å². The van der Waals surface area contributed by atoms with Crippen molar-refractivity contribution in [2.75, 3.05) is 13.7 Å². The zero-order valence-corrected chi connectivity index (χ0v) is 14.3. The maximum Gasteiger partial charge on any atom is 0.328 e. The molecular weight excluding hydrogens is 294 g/mol. The van der Waals surface area contributed by atoms with Gasteiger partial charge in [-0.1, -0.05) is 38.7 Å². The molecule has 0 aromatic heterocycles. The summed E-state index contributed by atoms with van der Waals surface area (Å²) >= 11 is 0. The fourth-order valence-electron chi connectivity index (χ4n) is 2.11. The van der Waals surface area contributed by atoms with Crippen molar-refractivity contribution in [3.05, 3.63) is 29.8 Å². The minimum atomic E-state index is -0.677. The molecule has 23 heavy (non-hydrogen) atoms. The Morgan fingerprint density at radius 1 is 1.17 bits per heavy atom. The van der Waals surface area contributed by atoms with E-state index in [1.54, 1.807) is 31.2 Å². The summed E-state index contributed by atoms with van der Waals surface area (Å²) in [5, 5.41) is 2.64. The number of nitrogens with one attached hydrogen (secondary N) is 1. The molecule has 0 saturated heterocycles. The van der Waals surface area contributed by atoms with Crippen molar-refractivity contribution in [2.24, 2.45) is 0 Å². The van der Waals surface area contributed by atoms with Crippen LogP contribution in [0.5, 0.6) is 5.75 Å². The molecule has 0 aliphatic carbocycles. The number of hydrogen-bond acceptors (Lipinski definition) is 4. The van der Waals surface area contributed by atoms with Gasteiger partial charge in [-0.3, -0.25) is 4.79 Å². The number of amides is 1. The fourth-order valence-corrected chi connectivity index (χ4v) is 2.11. The molecule has 128 valence electrons. The van der Waals surface area contributed by atoms with Crippen molar-refractivity contribution in [1.29, 1.82) is 0 Å². The van der Waals surface area contributed by atoms with Crippen LogP contribution < -0.4 is 10.1 Å². The summed E-state index contributed by atoms with van der Waals surface area (Å²) in [4.78, 5) is 24.0. The van der Waals surface area contributed by atoms with Crippen molar-refractivity contribution >= 4 is 11.9 Å². The first kappa shape index (κ1) is 19.0. The maximum atomic E-state index is 12.1. The van der Waals surface area contributed by atoms with E-state index in [9.17, 15) is 9.59 Å². The molecule has 0 radical (unpaired) electrons. The summed E-state index contributed by atoms with van der Waals surface area (Å²) in [5.41, 5.74) is 0.448. The molecule has 1 atom stereocenters. The normalized spacial score (nSPS) is 11.6. The molecule has 1 unspecified atom stereocenters. The molecule has 1 amide bonds. The van der Waals surface area contributed by atoms with Crippen molar-refractivity contribution in [1.82, 2.24) is 5.32 Å². The Kier molecular flexibility index (Phi) is 8.80. The molecule has 0 spiro atoms. The summed E-state index contributed by atoms with van der Waals surface area (Å²) in [6.07, 6.45) is 5.48. The SMILES string of the molecule is CCCCCCCOC(=O)C(C)NC(=O)c1cccc(OC)c1. The minimum absolute atomic E-state index is 0.323. The summed E-state index contributed by atoms with van der Waals surface area (Å²) in [7, 11) is 1.54. The Hall–Kier alpha value is -2.04. The van der Waals surface area contributed by atoms with Crippen molar-refractivity contribution < 1.29 is 19.1 Å². The second-order valence-corrected chi connectivity index (χ2v) is 5.51. The van der Waals surface area contributed by atoms with Crippen molar-refractivity contribution in [2.45, 2.75) is 52.0 Å². The van der Waals surface area contributed by atoms with Gasteiger partial charge in [-0.05, 0) is 31.5 Å². The van der Waals surface area contributed by atoms with Gasteiger partial charge in [-0.15, -0.1) is 0 Å². The molecule has 1 aromatic carbocycles. The average Bonchev–Trinajstić information content (AvgIpc) is 2.57. The topological polar surface area (TPSA) is 64.6 Å². The van der Waals surface area contributed by atoms with E-state index in [0.29, 0.717) is 17.9 Å². The van der Waals surface area contributed by atoms with Crippen LogP contribution in [0.1, 0.15) is 56.3 Å². The van der Waals surface area contributed by atoms with E-state index in [1.807, 2.05) is 0 Å². The first-order valence-electron chi connectivity index (χ1n) is 8.20. The highest BCUT2D eigenvalue weighted by atomic mass is 16.5. The third-order valence-electron chi connectivity index (χ3n) is 3.53. The van der Waals surface area contributed by atoms with E-state index in [4.69, 9.17) is 9.47 Å². The fraction of sp³-hybridized carbons (Fsp3) is 0.556. The van der Waals surface area contributed by atoms with Gasteiger partial charge in [0.25, 0.3) is 5.91 Å². The zero-order chi connectivity index (χ0) is 17.1. The summed E-state index contributed by atoms with van der Waals surface area (Å²) in [6, 6.07) is 6.11. The molecule has 0 saturated carbocycles. The van der Waals surface area contributed by atoms with Gasteiger partial charge >= 0.3 is 5.97 Å². The van der Waals surface area contributed by atoms with Gasteiger partial charge < -0.3 is 14.8 Å². The lowest BCUT2D eigenvalue weighted by atomic mass is 10.2. The average molecular weight is 321 g/mol. The van der Waals surface area contributed by atoms with E-state index in [2.05, 4.69) is 12.2 Å². The van der Waals surface area contributed by atoms with E-state index in [-0.39, 0.29) is 5.91 Å². The molecular formula is C18H27NO4. The predicted octanol–water partition coefficient (Wildman–Crippen LogP) is 3.33. The van der Waals surface area contributed by atoms with Crippen LogP contribution in [0.2, 0.25) is 0 Å². The monoisotopic (exact) mass is 321 g/mol. The molecule has 0 fully saturated rings. The summed E-state index contributed by atoms with van der Waals surface area (Å²) < 4.78 is 10.3. The highest BCUT2D eigenvalue weighted by molar-refractivity contribution is 5.97. The molecule has 1 N–H and O–H groups in total. The lowest BCUT2D eigenvalue weighted by Crippen LogP contribution is -2.39. The Balaban J connectivity index is 2.34. The molecule has 0 bridgehead atoms. The Labute approximate surface area is 138 Å². The number of ether oxygens (including phenoxy) is 2. The van der Waals surface area contributed by atoms with Gasteiger partial charge in [0, 0.05) is 5.56 Å². The second kappa shape index (κ2) is 10.6. The second-order valence-electron chi connectivity index (χ2n) is 5.51. The molecule has 0 heterocycles. The van der Waals surface area contributed by atoms with E-state index >= 15 is 0 Å². The lowest BCUT2D eigenvalue weighted by molar-refractivity contribution is -0.145. The van der Waals surface area contributed by atoms with Crippen LogP contribution in [-0.2, 0) is 9.53 Å². The van der Waals surface area contributed by atoms with E-state index < -0.39 is 12.0 Å². The third-order valence-corrected chi connectivity index (χ3v) is 3.53. The van der Waals surface area contributed by atoms with Crippen LogP contribution in [0, 0.1) is 0 Å². The largest absolute Gasteiger partial charge is 0.497 e. The molecule has 1 aromatic rings. The number of unbranched alkanes of at least 4 members (excludes halogenated alkanes) is 4. The minimum Gasteiger partial charge on any atom is -0.497 e. The van der Waals surface area contributed by atoms with E-state index in [0.717, 1.165) is 19.3 Å². The van der Waals surface area contributed by atoms with Crippen LogP contribution in [0.4, 0.5) is 0 Å². The molecule has 5 nitrogen and oxygen atoms in total. The van der Waals surface area contributed by atoms with Gasteiger partial charge in [0.15, 0.2) is 0 Å². The number of hydrogen-bond donors (Lipinski definition) is 1. The number of methoxy groups -OCH3 is 1. The van der Waals surface area contributed by atoms with Crippen LogP contribution in [0.15, 0.2) is 24.3 Å². The zero-order valence-electron chi connectivity index (χ0n) is 14.3. The smallest absolute Gasteiger partial charge is 0.328 e. The molecule has 1 rings (SSSR count). The van der Waals surface area contributed by atoms with Gasteiger partial charge in [0.2, 0.25) is 0 Å². The number of carbonyl (C=O) groups is 2. The molecule has 0 aliphatic heterocycles. The van der Waals surface area contributed by atoms with Crippen LogP contribution in [0.25, 0.3) is 0 Å². The predicted molar refractivity (Wildman–Crippen MR) is 89.6 cm³/mol. The van der Waals surface area contributed by atoms with Crippen LogP contribution in [0.3, 0.4) is 0 Å².